The molecule has 0 aromatic heterocycles. The summed E-state index contributed by atoms with van der Waals surface area (Å²) in [4.78, 5) is 12.1. The topological polar surface area (TPSA) is 66.5 Å². The SMILES string of the molecule is C[C@H]1C(=O)Nc2ccc(S(=O)(=O)N(Cc3ccc(F)cc3)C3CCCCC3)cc21. The van der Waals surface area contributed by atoms with E-state index >= 15 is 0 Å². The van der Waals surface area contributed by atoms with Crippen molar-refractivity contribution < 1.29 is 17.6 Å². The molecule has 1 heterocycles. The number of fused-ring (bicyclic) bond motifs is 1. The standard InChI is InChI=1S/C22H25FN2O3S/c1-15-20-13-19(11-12-21(20)24-22(15)26)29(27,28)25(18-5-3-2-4-6-18)14-16-7-9-17(23)10-8-16/h7-13,15,18H,2-6,14H2,1H3,(H,24,26)/t15-/m1/s1. The second-order valence-electron chi connectivity index (χ2n) is 7.93. The third-order valence-corrected chi connectivity index (χ3v) is 7.88. The Labute approximate surface area is 171 Å². The fourth-order valence-electron chi connectivity index (χ4n) is 4.24. The summed E-state index contributed by atoms with van der Waals surface area (Å²) in [5.74, 6) is -0.837. The van der Waals surface area contributed by atoms with Gasteiger partial charge in [0.05, 0.1) is 10.8 Å². The molecule has 0 unspecified atom stereocenters. The van der Waals surface area contributed by atoms with Crippen LogP contribution in [0.3, 0.4) is 0 Å². The van der Waals surface area contributed by atoms with Gasteiger partial charge < -0.3 is 5.32 Å². The molecule has 1 atom stereocenters. The number of amides is 1. The maximum atomic E-state index is 13.6. The van der Waals surface area contributed by atoms with Crippen molar-refractivity contribution >= 4 is 21.6 Å². The van der Waals surface area contributed by atoms with Gasteiger partial charge in [-0.05, 0) is 61.2 Å². The summed E-state index contributed by atoms with van der Waals surface area (Å²) in [6.45, 7) is 1.98. The zero-order valence-electron chi connectivity index (χ0n) is 16.4. The lowest BCUT2D eigenvalue weighted by molar-refractivity contribution is -0.116. The van der Waals surface area contributed by atoms with Crippen LogP contribution in [0.5, 0.6) is 0 Å². The van der Waals surface area contributed by atoms with Crippen LogP contribution in [0.25, 0.3) is 0 Å². The van der Waals surface area contributed by atoms with Gasteiger partial charge in [-0.2, -0.15) is 4.31 Å². The highest BCUT2D eigenvalue weighted by Crippen LogP contribution is 2.36. The van der Waals surface area contributed by atoms with Crippen molar-refractivity contribution in [2.24, 2.45) is 0 Å². The molecule has 0 radical (unpaired) electrons. The molecule has 0 bridgehead atoms. The van der Waals surface area contributed by atoms with Crippen molar-refractivity contribution in [3.05, 3.63) is 59.4 Å². The number of halogens is 1. The summed E-state index contributed by atoms with van der Waals surface area (Å²) in [7, 11) is -3.77. The van der Waals surface area contributed by atoms with E-state index in [2.05, 4.69) is 5.32 Å². The number of nitrogens with zero attached hydrogens (tertiary/aromatic N) is 1. The molecule has 2 aliphatic rings. The second kappa shape index (κ2) is 7.88. The van der Waals surface area contributed by atoms with Crippen molar-refractivity contribution in [3.8, 4) is 0 Å². The largest absolute Gasteiger partial charge is 0.325 e. The number of benzene rings is 2. The van der Waals surface area contributed by atoms with E-state index in [0.717, 1.165) is 37.7 Å². The summed E-state index contributed by atoms with van der Waals surface area (Å²) in [6, 6.07) is 10.7. The van der Waals surface area contributed by atoms with Gasteiger partial charge in [-0.15, -0.1) is 0 Å². The van der Waals surface area contributed by atoms with Gasteiger partial charge in [-0.3, -0.25) is 4.79 Å². The molecule has 7 heteroatoms. The van der Waals surface area contributed by atoms with Crippen molar-refractivity contribution in [2.75, 3.05) is 5.32 Å². The Bertz CT molecular complexity index is 1010. The van der Waals surface area contributed by atoms with E-state index in [1.54, 1.807) is 41.6 Å². The first-order chi connectivity index (χ1) is 13.9. The molecule has 1 saturated carbocycles. The number of sulfonamides is 1. The number of carbonyl (C=O) groups is 1. The molecule has 4 rings (SSSR count). The van der Waals surface area contributed by atoms with Gasteiger partial charge in [0.1, 0.15) is 5.82 Å². The predicted molar refractivity (Wildman–Crippen MR) is 109 cm³/mol. The van der Waals surface area contributed by atoms with Crippen molar-refractivity contribution in [2.45, 2.75) is 62.4 Å². The summed E-state index contributed by atoms with van der Waals surface area (Å²) in [5, 5.41) is 2.78. The van der Waals surface area contributed by atoms with Crippen molar-refractivity contribution in [1.29, 1.82) is 0 Å². The molecule has 1 aliphatic heterocycles. The number of rotatable bonds is 5. The normalized spacial score (nSPS) is 20.0. The minimum absolute atomic E-state index is 0.0794. The molecule has 29 heavy (non-hydrogen) atoms. The first-order valence-corrected chi connectivity index (χ1v) is 11.5. The van der Waals surface area contributed by atoms with Crippen LogP contribution in [0.2, 0.25) is 0 Å². The van der Waals surface area contributed by atoms with Gasteiger partial charge in [0.15, 0.2) is 0 Å². The van der Waals surface area contributed by atoms with Crippen molar-refractivity contribution in [3.63, 3.8) is 0 Å². The van der Waals surface area contributed by atoms with Gasteiger partial charge >= 0.3 is 0 Å². The molecule has 1 fully saturated rings. The number of nitrogens with one attached hydrogen (secondary N) is 1. The molecule has 1 amide bonds. The van der Waals surface area contributed by atoms with E-state index < -0.39 is 10.0 Å². The Hall–Kier alpha value is -2.25. The van der Waals surface area contributed by atoms with Gasteiger partial charge in [-0.25, -0.2) is 12.8 Å². The maximum Gasteiger partial charge on any atom is 0.243 e. The summed E-state index contributed by atoms with van der Waals surface area (Å²) < 4.78 is 42.1. The third-order valence-electron chi connectivity index (χ3n) is 5.98. The molecule has 2 aromatic rings. The van der Waals surface area contributed by atoms with E-state index in [1.807, 2.05) is 0 Å². The van der Waals surface area contributed by atoms with Gasteiger partial charge in [0.25, 0.3) is 0 Å². The lowest BCUT2D eigenvalue weighted by Crippen LogP contribution is -2.40. The average Bonchev–Trinajstić information content (AvgIpc) is 3.01. The monoisotopic (exact) mass is 416 g/mol. The second-order valence-corrected chi connectivity index (χ2v) is 9.82. The number of hydrogen-bond acceptors (Lipinski definition) is 3. The fraction of sp³-hybridized carbons (Fsp3) is 0.409. The Morgan fingerprint density at radius 3 is 2.45 bits per heavy atom. The molecule has 2 aromatic carbocycles. The van der Waals surface area contributed by atoms with Gasteiger partial charge in [0, 0.05) is 18.3 Å². The zero-order valence-corrected chi connectivity index (χ0v) is 17.2. The molecular weight excluding hydrogens is 391 g/mol. The minimum Gasteiger partial charge on any atom is -0.325 e. The van der Waals surface area contributed by atoms with E-state index in [0.29, 0.717) is 11.3 Å². The smallest absolute Gasteiger partial charge is 0.243 e. The Balaban J connectivity index is 1.70. The van der Waals surface area contributed by atoms with Crippen molar-refractivity contribution in [1.82, 2.24) is 4.31 Å². The Kier molecular flexibility index (Phi) is 5.44. The highest BCUT2D eigenvalue weighted by Gasteiger charge is 2.34. The summed E-state index contributed by atoms with van der Waals surface area (Å²) >= 11 is 0. The minimum atomic E-state index is -3.77. The molecule has 0 spiro atoms. The third kappa shape index (κ3) is 3.94. The lowest BCUT2D eigenvalue weighted by atomic mass is 9.95. The van der Waals surface area contributed by atoms with Gasteiger partial charge in [-0.1, -0.05) is 31.4 Å². The first kappa shape index (κ1) is 20.0. The molecule has 1 aliphatic carbocycles. The predicted octanol–water partition coefficient (Wildman–Crippen LogP) is 4.40. The Morgan fingerprint density at radius 1 is 1.07 bits per heavy atom. The summed E-state index contributed by atoms with van der Waals surface area (Å²) in [6.07, 6.45) is 4.76. The molecule has 5 nitrogen and oxygen atoms in total. The number of anilines is 1. The zero-order chi connectivity index (χ0) is 20.6. The molecule has 0 saturated heterocycles. The lowest BCUT2D eigenvalue weighted by Gasteiger charge is -2.33. The van der Waals surface area contributed by atoms with Crippen LogP contribution in [0.4, 0.5) is 10.1 Å². The van der Waals surface area contributed by atoms with Crippen LogP contribution < -0.4 is 5.32 Å². The molecule has 154 valence electrons. The van der Waals surface area contributed by atoms with E-state index in [-0.39, 0.29) is 35.1 Å². The average molecular weight is 417 g/mol. The molecule has 1 N–H and O–H groups in total. The van der Waals surface area contributed by atoms with E-state index in [1.165, 1.54) is 12.1 Å². The molecular formula is C22H25FN2O3S. The van der Waals surface area contributed by atoms with Crippen LogP contribution in [0.1, 0.15) is 56.1 Å². The first-order valence-electron chi connectivity index (χ1n) is 10.1. The van der Waals surface area contributed by atoms with Crippen LogP contribution in [0.15, 0.2) is 47.4 Å². The van der Waals surface area contributed by atoms with Crippen LogP contribution in [0, 0.1) is 5.82 Å². The van der Waals surface area contributed by atoms with Crippen LogP contribution >= 0.6 is 0 Å². The van der Waals surface area contributed by atoms with Gasteiger partial charge in [0.2, 0.25) is 15.9 Å². The van der Waals surface area contributed by atoms with E-state index in [4.69, 9.17) is 0 Å². The quantitative estimate of drug-likeness (QED) is 0.785. The van der Waals surface area contributed by atoms with Crippen LogP contribution in [-0.4, -0.2) is 24.7 Å². The summed E-state index contributed by atoms with van der Waals surface area (Å²) in [5.41, 5.74) is 2.14. The highest BCUT2D eigenvalue weighted by atomic mass is 32.2. The highest BCUT2D eigenvalue weighted by molar-refractivity contribution is 7.89. The van der Waals surface area contributed by atoms with E-state index in [9.17, 15) is 17.6 Å². The number of carbonyl (C=O) groups excluding carboxylic acids is 1. The number of hydrogen-bond donors (Lipinski definition) is 1. The Morgan fingerprint density at radius 2 is 1.76 bits per heavy atom. The van der Waals surface area contributed by atoms with Crippen LogP contribution in [-0.2, 0) is 21.4 Å². The maximum absolute atomic E-state index is 13.6. The fourth-order valence-corrected chi connectivity index (χ4v) is 5.95.